The van der Waals surface area contributed by atoms with Gasteiger partial charge in [0.05, 0.1) is 16.6 Å². The lowest BCUT2D eigenvalue weighted by Crippen LogP contribution is -1.84. The van der Waals surface area contributed by atoms with Gasteiger partial charge < -0.3 is 10.1 Å². The van der Waals surface area contributed by atoms with E-state index >= 15 is 0 Å². The first-order valence-corrected chi connectivity index (χ1v) is 6.53. The number of rotatable bonds is 2. The molecule has 0 fully saturated rings. The number of allylic oxidation sites excluding steroid dienone is 1. The number of aryl methyl sites for hydroxylation is 1. The summed E-state index contributed by atoms with van der Waals surface area (Å²) in [6, 6.07) is 14.8. The van der Waals surface area contributed by atoms with Crippen molar-refractivity contribution in [2.24, 2.45) is 0 Å². The van der Waals surface area contributed by atoms with Crippen molar-refractivity contribution in [1.82, 2.24) is 9.97 Å². The number of aromatic nitrogens is 2. The van der Waals surface area contributed by atoms with E-state index in [1.165, 1.54) is 0 Å². The Labute approximate surface area is 122 Å². The Morgan fingerprint density at radius 2 is 2.14 bits per heavy atom. The average Bonchev–Trinajstić information content (AvgIpc) is 2.87. The SMILES string of the molecule is Cc1ccc2nc(/C(C#N)=C/c3cccc(O)c3)[nH]c2c1. The number of H-pyrrole nitrogens is 1. The number of phenols is 1. The van der Waals surface area contributed by atoms with Gasteiger partial charge in [0.25, 0.3) is 0 Å². The van der Waals surface area contributed by atoms with Crippen molar-refractivity contribution in [2.75, 3.05) is 0 Å². The third kappa shape index (κ3) is 2.63. The molecular weight excluding hydrogens is 262 g/mol. The van der Waals surface area contributed by atoms with E-state index in [0.717, 1.165) is 22.2 Å². The van der Waals surface area contributed by atoms with Crippen molar-refractivity contribution in [3.05, 3.63) is 59.4 Å². The summed E-state index contributed by atoms with van der Waals surface area (Å²) in [6.45, 7) is 2.01. The Balaban J connectivity index is 2.08. The van der Waals surface area contributed by atoms with Gasteiger partial charge in [-0.25, -0.2) is 4.98 Å². The van der Waals surface area contributed by atoms with Crippen LogP contribution in [0, 0.1) is 18.3 Å². The number of fused-ring (bicyclic) bond motifs is 1. The van der Waals surface area contributed by atoms with Gasteiger partial charge in [0, 0.05) is 0 Å². The highest BCUT2D eigenvalue weighted by Gasteiger charge is 2.08. The highest BCUT2D eigenvalue weighted by Crippen LogP contribution is 2.21. The molecule has 4 heteroatoms. The van der Waals surface area contributed by atoms with Crippen LogP contribution in [0.3, 0.4) is 0 Å². The summed E-state index contributed by atoms with van der Waals surface area (Å²) in [5.74, 6) is 0.697. The first-order chi connectivity index (χ1) is 10.2. The lowest BCUT2D eigenvalue weighted by molar-refractivity contribution is 0.475. The van der Waals surface area contributed by atoms with Crippen LogP contribution in [0.15, 0.2) is 42.5 Å². The average molecular weight is 275 g/mol. The molecule has 0 atom stereocenters. The number of hydrogen-bond donors (Lipinski definition) is 2. The number of hydrogen-bond acceptors (Lipinski definition) is 3. The molecule has 0 bridgehead atoms. The molecule has 1 aromatic heterocycles. The van der Waals surface area contributed by atoms with E-state index in [2.05, 4.69) is 16.0 Å². The fraction of sp³-hybridized carbons (Fsp3) is 0.0588. The Kier molecular flexibility index (Phi) is 3.17. The van der Waals surface area contributed by atoms with E-state index in [1.807, 2.05) is 31.2 Å². The van der Waals surface area contributed by atoms with Crippen LogP contribution < -0.4 is 0 Å². The van der Waals surface area contributed by atoms with Gasteiger partial charge in [-0.15, -0.1) is 0 Å². The van der Waals surface area contributed by atoms with Crippen LogP contribution in [0.1, 0.15) is 17.0 Å². The number of phenolic OH excluding ortho intramolecular Hbond substituents is 1. The topological polar surface area (TPSA) is 72.7 Å². The molecule has 0 amide bonds. The van der Waals surface area contributed by atoms with Gasteiger partial charge in [-0.2, -0.15) is 5.26 Å². The maximum atomic E-state index is 9.48. The maximum Gasteiger partial charge on any atom is 0.149 e. The zero-order valence-electron chi connectivity index (χ0n) is 11.5. The number of imidazole rings is 1. The molecule has 0 aliphatic heterocycles. The third-order valence-corrected chi connectivity index (χ3v) is 3.19. The van der Waals surface area contributed by atoms with Gasteiger partial charge >= 0.3 is 0 Å². The second kappa shape index (κ2) is 5.14. The highest BCUT2D eigenvalue weighted by atomic mass is 16.3. The minimum Gasteiger partial charge on any atom is -0.508 e. The molecule has 4 nitrogen and oxygen atoms in total. The van der Waals surface area contributed by atoms with E-state index in [4.69, 9.17) is 0 Å². The van der Waals surface area contributed by atoms with Gasteiger partial charge in [-0.1, -0.05) is 18.2 Å². The minimum atomic E-state index is 0.168. The summed E-state index contributed by atoms with van der Waals surface area (Å²) in [6.07, 6.45) is 1.70. The number of nitrogens with zero attached hydrogens (tertiary/aromatic N) is 2. The molecule has 0 unspecified atom stereocenters. The molecule has 21 heavy (non-hydrogen) atoms. The van der Waals surface area contributed by atoms with E-state index in [0.29, 0.717) is 11.4 Å². The Morgan fingerprint density at radius 1 is 1.29 bits per heavy atom. The number of nitriles is 1. The molecule has 0 saturated carbocycles. The van der Waals surface area contributed by atoms with Crippen molar-refractivity contribution in [1.29, 1.82) is 5.26 Å². The summed E-state index contributed by atoms with van der Waals surface area (Å²) in [7, 11) is 0. The molecule has 0 saturated heterocycles. The predicted molar refractivity (Wildman–Crippen MR) is 82.4 cm³/mol. The lowest BCUT2D eigenvalue weighted by Gasteiger charge is -1.96. The van der Waals surface area contributed by atoms with Crippen LogP contribution in [0.5, 0.6) is 5.75 Å². The molecule has 0 spiro atoms. The number of aromatic hydroxyl groups is 1. The van der Waals surface area contributed by atoms with Gasteiger partial charge in [0.1, 0.15) is 17.6 Å². The first-order valence-electron chi connectivity index (χ1n) is 6.53. The molecule has 2 N–H and O–H groups in total. The molecular formula is C17H13N3O. The molecule has 0 aliphatic rings. The summed E-state index contributed by atoms with van der Waals surface area (Å²) in [5.41, 5.74) is 4.04. The highest BCUT2D eigenvalue weighted by molar-refractivity contribution is 5.90. The second-order valence-corrected chi connectivity index (χ2v) is 4.87. The minimum absolute atomic E-state index is 0.168. The molecule has 1 heterocycles. The molecule has 3 aromatic rings. The van der Waals surface area contributed by atoms with Crippen LogP contribution >= 0.6 is 0 Å². The molecule has 102 valence electrons. The zero-order valence-corrected chi connectivity index (χ0v) is 11.5. The van der Waals surface area contributed by atoms with Crippen LogP contribution in [0.25, 0.3) is 22.7 Å². The van der Waals surface area contributed by atoms with E-state index < -0.39 is 0 Å². The van der Waals surface area contributed by atoms with Gasteiger partial charge in [0.2, 0.25) is 0 Å². The van der Waals surface area contributed by atoms with E-state index in [9.17, 15) is 10.4 Å². The summed E-state index contributed by atoms with van der Waals surface area (Å²) in [5, 5.41) is 18.8. The van der Waals surface area contributed by atoms with Crippen LogP contribution in [0.4, 0.5) is 0 Å². The second-order valence-electron chi connectivity index (χ2n) is 4.87. The number of nitrogens with one attached hydrogen (secondary N) is 1. The monoisotopic (exact) mass is 275 g/mol. The van der Waals surface area contributed by atoms with Crippen LogP contribution in [0.2, 0.25) is 0 Å². The molecule has 3 rings (SSSR count). The standard InChI is InChI=1S/C17H13N3O/c1-11-5-6-15-16(7-11)20-17(19-15)13(10-18)8-12-3-2-4-14(21)9-12/h2-9,21H,1H3,(H,19,20)/b13-8+. The van der Waals surface area contributed by atoms with Crippen molar-refractivity contribution < 1.29 is 5.11 Å². The maximum absolute atomic E-state index is 9.48. The van der Waals surface area contributed by atoms with Gasteiger partial charge in [-0.3, -0.25) is 0 Å². The Morgan fingerprint density at radius 3 is 2.90 bits per heavy atom. The van der Waals surface area contributed by atoms with Crippen LogP contribution in [-0.4, -0.2) is 15.1 Å². The number of benzene rings is 2. The molecule has 2 aromatic carbocycles. The molecule has 0 radical (unpaired) electrons. The summed E-state index contributed by atoms with van der Waals surface area (Å²) in [4.78, 5) is 7.59. The zero-order chi connectivity index (χ0) is 14.8. The predicted octanol–water partition coefficient (Wildman–Crippen LogP) is 3.64. The smallest absolute Gasteiger partial charge is 0.149 e. The summed E-state index contributed by atoms with van der Waals surface area (Å²) < 4.78 is 0. The fourth-order valence-corrected chi connectivity index (χ4v) is 2.19. The fourth-order valence-electron chi connectivity index (χ4n) is 2.19. The van der Waals surface area contributed by atoms with Crippen molar-refractivity contribution in [3.63, 3.8) is 0 Å². The van der Waals surface area contributed by atoms with Crippen molar-refractivity contribution in [2.45, 2.75) is 6.92 Å². The van der Waals surface area contributed by atoms with E-state index in [-0.39, 0.29) is 5.75 Å². The largest absolute Gasteiger partial charge is 0.508 e. The number of aromatic amines is 1. The first kappa shape index (κ1) is 12.9. The van der Waals surface area contributed by atoms with E-state index in [1.54, 1.807) is 24.3 Å². The Bertz CT molecular complexity index is 884. The normalized spacial score (nSPS) is 11.5. The third-order valence-electron chi connectivity index (χ3n) is 3.19. The van der Waals surface area contributed by atoms with Crippen molar-refractivity contribution in [3.8, 4) is 11.8 Å². The molecule has 0 aliphatic carbocycles. The quantitative estimate of drug-likeness (QED) is 0.701. The lowest BCUT2D eigenvalue weighted by atomic mass is 10.1. The van der Waals surface area contributed by atoms with Gasteiger partial charge in [0.15, 0.2) is 0 Å². The van der Waals surface area contributed by atoms with Gasteiger partial charge in [-0.05, 0) is 48.4 Å². The Hall–Kier alpha value is -3.06. The van der Waals surface area contributed by atoms with Crippen molar-refractivity contribution >= 4 is 22.7 Å². The van der Waals surface area contributed by atoms with Crippen LogP contribution in [-0.2, 0) is 0 Å². The summed E-state index contributed by atoms with van der Waals surface area (Å²) >= 11 is 0.